The maximum atomic E-state index is 13.9. The molecule has 0 unspecified atom stereocenters. The van der Waals surface area contributed by atoms with Crippen molar-refractivity contribution in [2.75, 3.05) is 38.4 Å². The molecule has 4 atom stereocenters. The van der Waals surface area contributed by atoms with Crippen molar-refractivity contribution in [1.29, 1.82) is 0 Å². The lowest BCUT2D eigenvalue weighted by atomic mass is 9.95. The molecule has 0 radical (unpaired) electrons. The molecule has 0 saturated carbocycles. The van der Waals surface area contributed by atoms with Gasteiger partial charge in [-0.25, -0.2) is 0 Å². The van der Waals surface area contributed by atoms with Gasteiger partial charge >= 0.3 is 0 Å². The molecule has 0 aliphatic rings. The summed E-state index contributed by atoms with van der Waals surface area (Å²) in [5.74, 6) is -1.05. The molecule has 0 saturated heterocycles. The molecular formula is C29H55N5O6S2. The number of amides is 5. The molecule has 0 aromatic carbocycles. The van der Waals surface area contributed by atoms with Crippen molar-refractivity contribution in [3.8, 4) is 0 Å². The fourth-order valence-electron chi connectivity index (χ4n) is 4.49. The highest BCUT2D eigenvalue weighted by Crippen LogP contribution is 2.21. The Labute approximate surface area is 262 Å². The Hall–Kier alpha value is -1.99. The van der Waals surface area contributed by atoms with E-state index in [9.17, 15) is 29.1 Å². The quantitative estimate of drug-likeness (QED) is 0.125. The molecule has 0 fully saturated rings. The molecule has 0 bridgehead atoms. The molecule has 244 valence electrons. The monoisotopic (exact) mass is 633 g/mol. The van der Waals surface area contributed by atoms with Gasteiger partial charge in [0.05, 0.1) is 5.60 Å². The van der Waals surface area contributed by atoms with E-state index in [1.54, 1.807) is 20.9 Å². The Bertz CT molecular complexity index is 911. The number of hydrogen-bond donors (Lipinski definition) is 4. The van der Waals surface area contributed by atoms with Crippen LogP contribution in [0.2, 0.25) is 0 Å². The molecule has 0 aliphatic carbocycles. The van der Waals surface area contributed by atoms with Gasteiger partial charge in [-0.05, 0) is 44.3 Å². The summed E-state index contributed by atoms with van der Waals surface area (Å²) in [4.78, 5) is 70.1. The van der Waals surface area contributed by atoms with Gasteiger partial charge in [0.2, 0.25) is 29.5 Å². The zero-order chi connectivity index (χ0) is 32.9. The summed E-state index contributed by atoms with van der Waals surface area (Å²) in [6, 6.07) is -3.85. The summed E-state index contributed by atoms with van der Waals surface area (Å²) >= 11 is 5.71. The van der Waals surface area contributed by atoms with E-state index in [1.807, 2.05) is 20.8 Å². The minimum Gasteiger partial charge on any atom is -0.390 e. The van der Waals surface area contributed by atoms with E-state index in [2.05, 4.69) is 17.9 Å². The molecule has 0 rings (SSSR count). The predicted molar refractivity (Wildman–Crippen MR) is 172 cm³/mol. The molecule has 4 N–H and O–H groups in total. The molecule has 0 aromatic heterocycles. The van der Waals surface area contributed by atoms with E-state index in [1.165, 1.54) is 54.4 Å². The first kappa shape index (κ1) is 40.0. The van der Waals surface area contributed by atoms with Crippen LogP contribution in [-0.2, 0) is 24.0 Å². The average molecular weight is 634 g/mol. The van der Waals surface area contributed by atoms with Crippen LogP contribution >= 0.6 is 24.4 Å². The number of thioether (sulfide) groups is 1. The molecule has 0 aromatic rings. The number of nitrogens with two attached hydrogens (primary N) is 1. The number of likely N-dealkylation sites (N-methyl/N-ethyl adjacent to an activating group) is 3. The van der Waals surface area contributed by atoms with Gasteiger partial charge < -0.3 is 30.9 Å². The molecule has 13 heteroatoms. The fourth-order valence-corrected chi connectivity index (χ4v) is 5.76. The van der Waals surface area contributed by atoms with Crippen molar-refractivity contribution in [2.45, 2.75) is 104 Å². The SMILES string of the molecule is CCCC(=O)N(C)[C@H](CSCCS)C(=O)N(C)[C@@H](CC(C)(C)O)C(=O)N[C@H](C(=O)N(C)[C@@H](CC(C)C)C(N)=O)C(C)C. The van der Waals surface area contributed by atoms with E-state index >= 15 is 0 Å². The number of carbonyl (C=O) groups is 5. The molecule has 0 heterocycles. The van der Waals surface area contributed by atoms with Gasteiger partial charge in [0, 0.05) is 45.5 Å². The number of thiol groups is 1. The lowest BCUT2D eigenvalue weighted by molar-refractivity contribution is -0.149. The smallest absolute Gasteiger partial charge is 0.246 e. The van der Waals surface area contributed by atoms with Crippen LogP contribution in [0.1, 0.15) is 74.1 Å². The van der Waals surface area contributed by atoms with E-state index in [-0.39, 0.29) is 30.6 Å². The zero-order valence-corrected chi connectivity index (χ0v) is 28.9. The van der Waals surface area contributed by atoms with Gasteiger partial charge in [0.15, 0.2) is 0 Å². The number of hydrogen-bond acceptors (Lipinski definition) is 8. The summed E-state index contributed by atoms with van der Waals surface area (Å²) in [6.45, 7) is 12.3. The Kier molecular flexibility index (Phi) is 17.7. The summed E-state index contributed by atoms with van der Waals surface area (Å²) in [5, 5.41) is 13.5. The molecule has 11 nitrogen and oxygen atoms in total. The summed E-state index contributed by atoms with van der Waals surface area (Å²) in [7, 11) is 4.54. The third-order valence-corrected chi connectivity index (χ3v) is 8.57. The van der Waals surface area contributed by atoms with Gasteiger partial charge in [-0.2, -0.15) is 24.4 Å². The largest absolute Gasteiger partial charge is 0.390 e. The number of carbonyl (C=O) groups excluding carboxylic acids is 5. The van der Waals surface area contributed by atoms with Gasteiger partial charge in [0.1, 0.15) is 24.2 Å². The Morgan fingerprint density at radius 3 is 1.90 bits per heavy atom. The highest BCUT2D eigenvalue weighted by atomic mass is 32.2. The number of aliphatic hydroxyl groups is 1. The lowest BCUT2D eigenvalue weighted by Crippen LogP contribution is -2.60. The van der Waals surface area contributed by atoms with Crippen LogP contribution in [0, 0.1) is 11.8 Å². The molecule has 5 amide bonds. The summed E-state index contributed by atoms with van der Waals surface area (Å²) < 4.78 is 0. The predicted octanol–water partition coefficient (Wildman–Crippen LogP) is 1.76. The van der Waals surface area contributed by atoms with Crippen LogP contribution < -0.4 is 11.1 Å². The first-order valence-electron chi connectivity index (χ1n) is 14.6. The van der Waals surface area contributed by atoms with Crippen LogP contribution in [0.5, 0.6) is 0 Å². The van der Waals surface area contributed by atoms with Crippen molar-refractivity contribution in [2.24, 2.45) is 17.6 Å². The van der Waals surface area contributed by atoms with Gasteiger partial charge in [-0.15, -0.1) is 0 Å². The number of nitrogens with zero attached hydrogens (tertiary/aromatic N) is 3. The van der Waals surface area contributed by atoms with Crippen molar-refractivity contribution in [3.05, 3.63) is 0 Å². The highest BCUT2D eigenvalue weighted by molar-refractivity contribution is 8.00. The van der Waals surface area contributed by atoms with Crippen molar-refractivity contribution in [3.63, 3.8) is 0 Å². The molecule has 42 heavy (non-hydrogen) atoms. The van der Waals surface area contributed by atoms with Gasteiger partial charge in [-0.1, -0.05) is 34.6 Å². The third-order valence-electron chi connectivity index (χ3n) is 7.00. The summed E-state index contributed by atoms with van der Waals surface area (Å²) in [5.41, 5.74) is 4.27. The second-order valence-corrected chi connectivity index (χ2v) is 13.9. The normalized spacial score (nSPS) is 14.6. The van der Waals surface area contributed by atoms with E-state index in [0.29, 0.717) is 30.1 Å². The number of primary amides is 1. The maximum Gasteiger partial charge on any atom is 0.246 e. The average Bonchev–Trinajstić information content (AvgIpc) is 2.88. The van der Waals surface area contributed by atoms with Gasteiger partial charge in [0.25, 0.3) is 0 Å². The fraction of sp³-hybridized carbons (Fsp3) is 0.828. The first-order valence-corrected chi connectivity index (χ1v) is 16.4. The molecule has 0 aliphatic heterocycles. The lowest BCUT2D eigenvalue weighted by Gasteiger charge is -2.37. The Morgan fingerprint density at radius 1 is 0.929 bits per heavy atom. The Balaban J connectivity index is 6.32. The second kappa shape index (κ2) is 18.6. The minimum absolute atomic E-state index is 0.0990. The van der Waals surface area contributed by atoms with E-state index in [4.69, 9.17) is 5.73 Å². The van der Waals surface area contributed by atoms with Crippen LogP contribution in [0.15, 0.2) is 0 Å². The highest BCUT2D eigenvalue weighted by Gasteiger charge is 2.40. The zero-order valence-electron chi connectivity index (χ0n) is 27.2. The summed E-state index contributed by atoms with van der Waals surface area (Å²) in [6.07, 6.45) is 1.16. The maximum absolute atomic E-state index is 13.9. The molecular weight excluding hydrogens is 578 g/mol. The Morgan fingerprint density at radius 2 is 1.48 bits per heavy atom. The van der Waals surface area contributed by atoms with Crippen molar-refractivity contribution < 1.29 is 29.1 Å². The number of rotatable bonds is 19. The van der Waals surface area contributed by atoms with Crippen LogP contribution in [0.4, 0.5) is 0 Å². The van der Waals surface area contributed by atoms with E-state index in [0.717, 1.165) is 0 Å². The standard InChI is InChI=1S/C29H55N5O6S2/c1-11-12-23(35)32(8)22(17-42-14-13-41)27(38)34(10)21(16-29(6,7)40)26(37)31-24(19(4)5)28(39)33(9)20(25(30)36)15-18(2)3/h18-22,24,40-41H,11-17H2,1-10H3,(H2,30,36)(H,31,37)/t20-,21-,22+,24-/m0/s1. The van der Waals surface area contributed by atoms with Crippen molar-refractivity contribution >= 4 is 53.9 Å². The topological polar surface area (TPSA) is 153 Å². The third kappa shape index (κ3) is 13.1. The van der Waals surface area contributed by atoms with Crippen molar-refractivity contribution in [1.82, 2.24) is 20.0 Å². The number of nitrogens with one attached hydrogen (secondary N) is 1. The molecule has 0 spiro atoms. The second-order valence-electron chi connectivity index (χ2n) is 12.3. The van der Waals surface area contributed by atoms with Gasteiger partial charge in [-0.3, -0.25) is 24.0 Å². The first-order chi connectivity index (χ1) is 19.3. The van der Waals surface area contributed by atoms with Crippen LogP contribution in [0.3, 0.4) is 0 Å². The van der Waals surface area contributed by atoms with Crippen LogP contribution in [0.25, 0.3) is 0 Å². The van der Waals surface area contributed by atoms with E-state index < -0.39 is 53.4 Å². The van der Waals surface area contributed by atoms with Crippen LogP contribution in [-0.4, -0.2) is 118 Å². The minimum atomic E-state index is -1.33.